The highest BCUT2D eigenvalue weighted by Gasteiger charge is 2.30. The molecule has 29 heavy (non-hydrogen) atoms. The fourth-order valence-electron chi connectivity index (χ4n) is 2.39. The van der Waals surface area contributed by atoms with Crippen LogP contribution in [0.2, 0.25) is 0 Å². The van der Waals surface area contributed by atoms with Gasteiger partial charge >= 0.3 is 18.2 Å². The molecule has 0 unspecified atom stereocenters. The summed E-state index contributed by atoms with van der Waals surface area (Å²) in [5, 5.41) is 4.56. The number of esters is 1. The zero-order chi connectivity index (χ0) is 21.4. The van der Waals surface area contributed by atoms with Crippen LogP contribution >= 0.6 is 0 Å². The minimum absolute atomic E-state index is 0.100. The Labute approximate surface area is 164 Å². The lowest BCUT2D eigenvalue weighted by molar-refractivity contribution is -0.149. The van der Waals surface area contributed by atoms with Crippen LogP contribution in [0.25, 0.3) is 0 Å². The summed E-state index contributed by atoms with van der Waals surface area (Å²) in [4.78, 5) is 35.2. The number of hydrogen-bond acceptors (Lipinski definition) is 4. The van der Waals surface area contributed by atoms with Gasteiger partial charge in [0.05, 0.1) is 5.56 Å². The van der Waals surface area contributed by atoms with Crippen LogP contribution in [0, 0.1) is 0 Å². The van der Waals surface area contributed by atoms with Crippen LogP contribution in [0.4, 0.5) is 23.7 Å². The van der Waals surface area contributed by atoms with Crippen molar-refractivity contribution in [2.24, 2.45) is 5.73 Å². The number of alkyl halides is 3. The molecule has 0 aliphatic carbocycles. The SMILES string of the molecule is NC(=O)N[C@@H](Cc1ccccc1)C(=O)OCC(=O)Nc1ccc(C(F)(F)F)cc1. The van der Waals surface area contributed by atoms with E-state index in [4.69, 9.17) is 10.5 Å². The minimum atomic E-state index is -4.49. The number of ether oxygens (including phenoxy) is 1. The molecule has 0 bridgehead atoms. The second-order valence-corrected chi connectivity index (χ2v) is 5.98. The summed E-state index contributed by atoms with van der Waals surface area (Å²) in [5.41, 5.74) is 5.05. The lowest BCUT2D eigenvalue weighted by Gasteiger charge is -2.16. The molecule has 2 aromatic rings. The van der Waals surface area contributed by atoms with Gasteiger partial charge in [0.25, 0.3) is 5.91 Å². The van der Waals surface area contributed by atoms with E-state index in [-0.39, 0.29) is 12.1 Å². The van der Waals surface area contributed by atoms with Crippen LogP contribution in [0.15, 0.2) is 54.6 Å². The van der Waals surface area contributed by atoms with Gasteiger partial charge in [-0.15, -0.1) is 0 Å². The van der Waals surface area contributed by atoms with Crippen molar-refractivity contribution in [3.8, 4) is 0 Å². The Bertz CT molecular complexity index is 855. The second kappa shape index (κ2) is 9.58. The average molecular weight is 409 g/mol. The van der Waals surface area contributed by atoms with Gasteiger partial charge in [0.2, 0.25) is 0 Å². The van der Waals surface area contributed by atoms with Gasteiger partial charge in [-0.05, 0) is 29.8 Å². The molecule has 0 heterocycles. The molecule has 0 fully saturated rings. The number of halogens is 3. The number of carbonyl (C=O) groups is 3. The Morgan fingerprint density at radius 3 is 2.17 bits per heavy atom. The van der Waals surface area contributed by atoms with Gasteiger partial charge in [0.1, 0.15) is 6.04 Å². The monoisotopic (exact) mass is 409 g/mol. The highest BCUT2D eigenvalue weighted by Crippen LogP contribution is 2.29. The van der Waals surface area contributed by atoms with E-state index < -0.39 is 42.3 Å². The molecule has 10 heteroatoms. The number of anilines is 1. The van der Waals surface area contributed by atoms with E-state index in [9.17, 15) is 27.6 Å². The lowest BCUT2D eigenvalue weighted by Crippen LogP contribution is -2.46. The molecule has 7 nitrogen and oxygen atoms in total. The quantitative estimate of drug-likeness (QED) is 0.610. The number of primary amides is 1. The first-order chi connectivity index (χ1) is 13.6. The zero-order valence-corrected chi connectivity index (χ0v) is 15.0. The van der Waals surface area contributed by atoms with Crippen molar-refractivity contribution in [1.29, 1.82) is 0 Å². The fourth-order valence-corrected chi connectivity index (χ4v) is 2.39. The van der Waals surface area contributed by atoms with Crippen LogP contribution in [0.3, 0.4) is 0 Å². The Morgan fingerprint density at radius 1 is 1.00 bits per heavy atom. The molecule has 154 valence electrons. The van der Waals surface area contributed by atoms with Crippen molar-refractivity contribution < 1.29 is 32.3 Å². The van der Waals surface area contributed by atoms with E-state index in [2.05, 4.69) is 10.6 Å². The maximum absolute atomic E-state index is 12.5. The van der Waals surface area contributed by atoms with Crippen LogP contribution in [-0.2, 0) is 26.9 Å². The molecule has 0 radical (unpaired) electrons. The number of amides is 3. The molecular formula is C19H18F3N3O4. The maximum atomic E-state index is 12.5. The predicted molar refractivity (Wildman–Crippen MR) is 97.7 cm³/mol. The van der Waals surface area contributed by atoms with Crippen molar-refractivity contribution in [1.82, 2.24) is 5.32 Å². The average Bonchev–Trinajstić information content (AvgIpc) is 2.66. The van der Waals surface area contributed by atoms with Crippen molar-refractivity contribution in [3.05, 3.63) is 65.7 Å². The summed E-state index contributed by atoms with van der Waals surface area (Å²) in [7, 11) is 0. The van der Waals surface area contributed by atoms with Gasteiger partial charge in [0, 0.05) is 12.1 Å². The Balaban J connectivity index is 1.91. The topological polar surface area (TPSA) is 111 Å². The standard InChI is InChI=1S/C19H18F3N3O4/c20-19(21,22)13-6-8-14(9-7-13)24-16(26)11-29-17(27)15(25-18(23)28)10-12-4-2-1-3-5-12/h1-9,15H,10-11H2,(H,24,26)(H3,23,25,28)/t15-/m0/s1. The number of rotatable bonds is 7. The van der Waals surface area contributed by atoms with Crippen molar-refractivity contribution >= 4 is 23.6 Å². The Kier molecular flexibility index (Phi) is 7.18. The second-order valence-electron chi connectivity index (χ2n) is 5.98. The zero-order valence-electron chi connectivity index (χ0n) is 15.0. The maximum Gasteiger partial charge on any atom is 0.416 e. The molecule has 3 amide bonds. The normalized spacial score (nSPS) is 12.0. The highest BCUT2D eigenvalue weighted by atomic mass is 19.4. The molecule has 0 aliphatic heterocycles. The molecule has 0 aliphatic rings. The third-order valence-corrected chi connectivity index (χ3v) is 3.73. The van der Waals surface area contributed by atoms with E-state index in [0.717, 1.165) is 29.8 Å². The molecule has 4 N–H and O–H groups in total. The van der Waals surface area contributed by atoms with Crippen molar-refractivity contribution in [2.75, 3.05) is 11.9 Å². The minimum Gasteiger partial charge on any atom is -0.454 e. The van der Waals surface area contributed by atoms with Gasteiger partial charge < -0.3 is 21.1 Å². The first-order valence-electron chi connectivity index (χ1n) is 8.39. The largest absolute Gasteiger partial charge is 0.454 e. The number of benzene rings is 2. The van der Waals surface area contributed by atoms with E-state index in [1.165, 1.54) is 0 Å². The molecule has 2 rings (SSSR count). The Hall–Kier alpha value is -3.56. The summed E-state index contributed by atoms with van der Waals surface area (Å²) < 4.78 is 42.5. The van der Waals surface area contributed by atoms with Crippen molar-refractivity contribution in [3.63, 3.8) is 0 Å². The number of hydrogen-bond donors (Lipinski definition) is 3. The van der Waals surface area contributed by atoms with Crippen LogP contribution < -0.4 is 16.4 Å². The van der Waals surface area contributed by atoms with Crippen molar-refractivity contribution in [2.45, 2.75) is 18.6 Å². The van der Waals surface area contributed by atoms with E-state index in [1.54, 1.807) is 30.3 Å². The number of urea groups is 1. The third-order valence-electron chi connectivity index (χ3n) is 3.73. The van der Waals surface area contributed by atoms with Gasteiger partial charge in [-0.2, -0.15) is 13.2 Å². The molecular weight excluding hydrogens is 391 g/mol. The fraction of sp³-hybridized carbons (Fsp3) is 0.211. The molecule has 0 aromatic heterocycles. The highest BCUT2D eigenvalue weighted by molar-refractivity contribution is 5.93. The summed E-state index contributed by atoms with van der Waals surface area (Å²) in [6, 6.07) is 10.5. The van der Waals surface area contributed by atoms with E-state index in [0.29, 0.717) is 0 Å². The van der Waals surface area contributed by atoms with Crippen LogP contribution in [-0.4, -0.2) is 30.6 Å². The van der Waals surface area contributed by atoms with Gasteiger partial charge in [-0.1, -0.05) is 30.3 Å². The summed E-state index contributed by atoms with van der Waals surface area (Å²) in [6.07, 6.45) is -4.39. The lowest BCUT2D eigenvalue weighted by atomic mass is 10.1. The molecule has 0 saturated carbocycles. The number of nitrogens with one attached hydrogen (secondary N) is 2. The van der Waals surface area contributed by atoms with E-state index >= 15 is 0 Å². The number of nitrogens with two attached hydrogens (primary N) is 1. The third kappa shape index (κ3) is 7.17. The number of carbonyl (C=O) groups excluding carboxylic acids is 3. The molecule has 0 saturated heterocycles. The smallest absolute Gasteiger partial charge is 0.416 e. The first kappa shape index (κ1) is 21.7. The van der Waals surface area contributed by atoms with Crippen LogP contribution in [0.5, 0.6) is 0 Å². The first-order valence-corrected chi connectivity index (χ1v) is 8.39. The Morgan fingerprint density at radius 2 is 1.62 bits per heavy atom. The summed E-state index contributed by atoms with van der Waals surface area (Å²) in [6.45, 7) is -0.689. The molecule has 2 aromatic carbocycles. The van der Waals surface area contributed by atoms with Gasteiger partial charge in [-0.3, -0.25) is 4.79 Å². The predicted octanol–water partition coefficient (Wildman–Crippen LogP) is 2.47. The van der Waals surface area contributed by atoms with Gasteiger partial charge in [0.15, 0.2) is 6.61 Å². The van der Waals surface area contributed by atoms with Gasteiger partial charge in [-0.25, -0.2) is 9.59 Å². The van der Waals surface area contributed by atoms with E-state index in [1.807, 2.05) is 0 Å². The summed E-state index contributed by atoms with van der Waals surface area (Å²) in [5.74, 6) is -1.63. The molecule has 1 atom stereocenters. The summed E-state index contributed by atoms with van der Waals surface area (Å²) >= 11 is 0. The van der Waals surface area contributed by atoms with Crippen LogP contribution in [0.1, 0.15) is 11.1 Å². The molecule has 0 spiro atoms.